The summed E-state index contributed by atoms with van der Waals surface area (Å²) in [5, 5.41) is 12.6. The van der Waals surface area contributed by atoms with Gasteiger partial charge in [-0.25, -0.2) is 15.8 Å². The average Bonchev–Trinajstić information content (AvgIpc) is 2.94. The van der Waals surface area contributed by atoms with Crippen molar-refractivity contribution in [2.75, 3.05) is 0 Å². The second-order valence-electron chi connectivity index (χ2n) is 8.42. The van der Waals surface area contributed by atoms with E-state index in [2.05, 4.69) is 131 Å². The van der Waals surface area contributed by atoms with E-state index < -0.39 is 23.1 Å². The predicted molar refractivity (Wildman–Crippen MR) is 183 cm³/mol. The van der Waals surface area contributed by atoms with Crippen LogP contribution in [0.25, 0.3) is 0 Å². The number of rotatable bonds is 4. The predicted octanol–water partition coefficient (Wildman–Crippen LogP) is 9.85. The normalized spacial score (nSPS) is 9.21. The van der Waals surface area contributed by atoms with Gasteiger partial charge in [0.25, 0.3) is 0 Å². The fraction of sp³-hybridized carbons (Fsp3) is 0.125. The Bertz CT molecular complexity index is 1020. The van der Waals surface area contributed by atoms with Crippen molar-refractivity contribution in [2.45, 2.75) is 27.7 Å². The van der Waals surface area contributed by atoms with Crippen molar-refractivity contribution in [1.29, 1.82) is 5.26 Å². The first-order valence-electron chi connectivity index (χ1n) is 12.3. The molecule has 11 heteroatoms. The summed E-state index contributed by atoms with van der Waals surface area (Å²) < 4.78 is 39.0. The molecule has 240 valence electrons. The third kappa shape index (κ3) is 27.2. The molecular formula is C32H40BClF4N2P2Pd-4. The van der Waals surface area contributed by atoms with E-state index in [0.29, 0.717) is 0 Å². The molecule has 0 amide bonds. The molecule has 0 spiro atoms. The Balaban J connectivity index is -0.000000247. The van der Waals surface area contributed by atoms with E-state index >= 15 is 0 Å². The summed E-state index contributed by atoms with van der Waals surface area (Å²) in [7, 11) is -6.84. The van der Waals surface area contributed by atoms with Crippen molar-refractivity contribution >= 4 is 56.7 Å². The second kappa shape index (κ2) is 28.7. The number of hydrogen-bond acceptors (Lipinski definition) is 2. The fourth-order valence-corrected chi connectivity index (χ4v) is 5.45. The molecule has 2 nitrogen and oxygen atoms in total. The van der Waals surface area contributed by atoms with Gasteiger partial charge in [0.2, 0.25) is 0 Å². The molecule has 0 saturated carbocycles. The molecule has 0 aromatic heterocycles. The Morgan fingerprint density at radius 1 is 0.581 bits per heavy atom. The third-order valence-electron chi connectivity index (χ3n) is 4.27. The van der Waals surface area contributed by atoms with Crippen molar-refractivity contribution in [1.82, 2.24) is 6.15 Å². The first-order valence-corrected chi connectivity index (χ1v) is 15.3. The molecule has 0 saturated heterocycles. The molecule has 4 rings (SSSR count). The van der Waals surface area contributed by atoms with Crippen LogP contribution >= 0.6 is 28.3 Å². The van der Waals surface area contributed by atoms with Crippen molar-refractivity contribution in [2.24, 2.45) is 0 Å². The number of hydrogen-bond donors (Lipinski definition) is 1. The molecule has 0 bridgehead atoms. The van der Waals surface area contributed by atoms with Crippen LogP contribution in [-0.2, 0) is 20.4 Å². The van der Waals surface area contributed by atoms with E-state index in [-0.39, 0.29) is 39.0 Å². The van der Waals surface area contributed by atoms with Gasteiger partial charge in [0, 0.05) is 27.3 Å². The number of halogens is 5. The van der Waals surface area contributed by atoms with Gasteiger partial charge in [0.1, 0.15) is 0 Å². The van der Waals surface area contributed by atoms with Crippen molar-refractivity contribution < 1.29 is 37.7 Å². The first kappa shape index (κ1) is 47.8. The maximum atomic E-state index is 9.75. The van der Waals surface area contributed by atoms with Crippen LogP contribution in [-0.4, -0.2) is 7.25 Å². The molecule has 4 aromatic rings. The van der Waals surface area contributed by atoms with E-state index in [1.807, 2.05) is 24.3 Å². The van der Waals surface area contributed by atoms with E-state index in [9.17, 15) is 17.3 Å². The average molecular weight is 743 g/mol. The Morgan fingerprint density at radius 2 is 0.698 bits per heavy atom. The summed E-state index contributed by atoms with van der Waals surface area (Å²) in [6, 6.07) is 43.6. The maximum Gasteiger partial charge on any atom is 0.673 e. The van der Waals surface area contributed by atoms with Crippen LogP contribution in [0.2, 0.25) is 0 Å². The van der Waals surface area contributed by atoms with Crippen LogP contribution in [0.15, 0.2) is 121 Å². The van der Waals surface area contributed by atoms with Crippen molar-refractivity contribution in [3.8, 4) is 6.07 Å². The molecule has 4 aromatic carbocycles. The second-order valence-corrected chi connectivity index (χ2v) is 12.2. The monoisotopic (exact) mass is 742 g/mol. The van der Waals surface area contributed by atoms with Gasteiger partial charge in [-0.3, -0.25) is 0 Å². The third-order valence-corrected chi connectivity index (χ3v) is 7.96. The standard InChI is InChI=1S/2C13H12P.C4H9.C2H3N.BF4.ClH.H3N.Pd/c2*1-14(12-8-4-2-5-9-12)13-10-6-3-7-11-13;1-4(2)3;1-2-3;2-1(3,4)5;;;/h2*2-11H,1H2;1-3H3;1H3;;1H;1H3;/q3*-1;;-1;;;. The number of nitrogens with zero attached hydrogens (tertiary/aromatic N) is 1. The molecule has 0 aliphatic heterocycles. The van der Waals surface area contributed by atoms with E-state index in [0.717, 1.165) is 0 Å². The van der Waals surface area contributed by atoms with Gasteiger partial charge in [-0.2, -0.15) is 26.0 Å². The van der Waals surface area contributed by atoms with Gasteiger partial charge in [0.15, 0.2) is 0 Å². The maximum absolute atomic E-state index is 9.75. The van der Waals surface area contributed by atoms with Crippen LogP contribution in [0, 0.1) is 30.6 Å². The van der Waals surface area contributed by atoms with Gasteiger partial charge < -0.3 is 42.7 Å². The van der Waals surface area contributed by atoms with Crippen molar-refractivity contribution in [3.63, 3.8) is 0 Å². The topological polar surface area (TPSA) is 58.8 Å². The Morgan fingerprint density at radius 3 is 0.814 bits per heavy atom. The molecule has 0 radical (unpaired) electrons. The van der Waals surface area contributed by atoms with Crippen LogP contribution in [0.1, 0.15) is 27.7 Å². The quantitative estimate of drug-likeness (QED) is 0.0980. The molecule has 0 aliphatic rings. The Hall–Kier alpha value is -2.07. The summed E-state index contributed by atoms with van der Waals surface area (Å²) in [4.78, 5) is 0. The zero-order valence-corrected chi connectivity index (χ0v) is 29.0. The van der Waals surface area contributed by atoms with E-state index in [1.54, 1.807) is 6.07 Å². The van der Waals surface area contributed by atoms with Gasteiger partial charge in [-0.05, 0) is 0 Å². The van der Waals surface area contributed by atoms with Crippen LogP contribution < -0.4 is 27.4 Å². The summed E-state index contributed by atoms with van der Waals surface area (Å²) in [6.45, 7) is 16.2. The Labute approximate surface area is 279 Å². The SMILES string of the molecule is CC#N.C[C-](C)C.Cl.F[B-](F)(F)F.N.[CH2-]P(c1ccccc1)c1ccccc1.[CH2-]P(c1ccccc1)c1ccccc1.[Pd]. The Kier molecular flexibility index (Phi) is 31.9. The van der Waals surface area contributed by atoms with E-state index in [4.69, 9.17) is 5.26 Å². The van der Waals surface area contributed by atoms with Gasteiger partial charge in [-0.15, -0.1) is 12.4 Å². The largest absolute Gasteiger partial charge is 0.673 e. The smallest absolute Gasteiger partial charge is 0.418 e. The molecule has 0 fully saturated rings. The molecule has 43 heavy (non-hydrogen) atoms. The fourth-order valence-electron chi connectivity index (χ4n) is 2.73. The first-order chi connectivity index (χ1) is 18.9. The van der Waals surface area contributed by atoms with Gasteiger partial charge >= 0.3 is 7.25 Å². The van der Waals surface area contributed by atoms with Crippen LogP contribution in [0.4, 0.5) is 17.3 Å². The molecular weight excluding hydrogens is 703 g/mol. The molecule has 0 aliphatic carbocycles. The van der Waals surface area contributed by atoms with Crippen molar-refractivity contribution in [3.05, 3.63) is 141 Å². The summed E-state index contributed by atoms with van der Waals surface area (Å²) in [5.74, 6) is 1.42. The molecule has 0 heterocycles. The zero-order valence-electron chi connectivity index (χ0n) is 24.8. The van der Waals surface area contributed by atoms with E-state index in [1.165, 1.54) is 34.1 Å². The zero-order chi connectivity index (χ0) is 30.4. The molecule has 0 unspecified atom stereocenters. The number of benzene rings is 4. The number of nitriles is 1. The van der Waals surface area contributed by atoms with Crippen LogP contribution in [0.5, 0.6) is 0 Å². The van der Waals surface area contributed by atoms with Crippen LogP contribution in [0.3, 0.4) is 0 Å². The summed E-state index contributed by atoms with van der Waals surface area (Å²) in [6.07, 6.45) is 0. The molecule has 3 N–H and O–H groups in total. The summed E-state index contributed by atoms with van der Waals surface area (Å²) in [5.41, 5.74) is 0. The van der Waals surface area contributed by atoms with Gasteiger partial charge in [0.05, 0.1) is 6.07 Å². The van der Waals surface area contributed by atoms with Gasteiger partial charge in [-0.1, -0.05) is 143 Å². The molecule has 0 atom stereocenters. The minimum Gasteiger partial charge on any atom is -0.418 e. The minimum absolute atomic E-state index is 0. The summed E-state index contributed by atoms with van der Waals surface area (Å²) >= 11 is 0. The minimum atomic E-state index is -6.00.